The van der Waals surface area contributed by atoms with Crippen molar-refractivity contribution < 1.29 is 12.8 Å². The maximum atomic E-state index is 14.6. The third-order valence-electron chi connectivity index (χ3n) is 5.25. The lowest BCUT2D eigenvalue weighted by Crippen LogP contribution is -2.14. The molecule has 0 unspecified atom stereocenters. The number of benzene rings is 2. The Kier molecular flexibility index (Phi) is 5.76. The summed E-state index contributed by atoms with van der Waals surface area (Å²) in [5, 5.41) is 13.1. The Morgan fingerprint density at radius 3 is 2.53 bits per heavy atom. The van der Waals surface area contributed by atoms with E-state index in [1.807, 2.05) is 6.07 Å². The maximum Gasteiger partial charge on any atom is 0.224 e. The molecule has 9 nitrogen and oxygen atoms in total. The number of nitrogens with two attached hydrogens (primary N) is 2. The van der Waals surface area contributed by atoms with Gasteiger partial charge in [0.25, 0.3) is 0 Å². The van der Waals surface area contributed by atoms with Crippen LogP contribution in [0.5, 0.6) is 0 Å². The number of aromatic nitrogens is 3. The predicted octanol–water partition coefficient (Wildman–Crippen LogP) is 3.44. The summed E-state index contributed by atoms with van der Waals surface area (Å²) in [6, 6.07) is 14.0. The van der Waals surface area contributed by atoms with Crippen molar-refractivity contribution in [2.75, 3.05) is 23.0 Å². The number of pyridine rings is 1. The van der Waals surface area contributed by atoms with E-state index < -0.39 is 21.7 Å². The first-order chi connectivity index (χ1) is 16.1. The number of rotatable bonds is 5. The molecule has 0 amide bonds. The van der Waals surface area contributed by atoms with Crippen LogP contribution >= 0.6 is 0 Å². The van der Waals surface area contributed by atoms with Gasteiger partial charge in [-0.2, -0.15) is 15.2 Å². The number of sulfone groups is 1. The van der Waals surface area contributed by atoms with E-state index in [1.165, 1.54) is 12.1 Å². The molecule has 0 radical (unpaired) electrons. The van der Waals surface area contributed by atoms with Crippen LogP contribution in [0.3, 0.4) is 0 Å². The van der Waals surface area contributed by atoms with Crippen LogP contribution in [-0.4, -0.2) is 29.6 Å². The van der Waals surface area contributed by atoms with Crippen LogP contribution in [0, 0.1) is 17.1 Å². The van der Waals surface area contributed by atoms with Gasteiger partial charge >= 0.3 is 0 Å². The number of fused-ring (bicyclic) bond motifs is 1. The summed E-state index contributed by atoms with van der Waals surface area (Å²) in [4.78, 5) is 12.5. The number of anilines is 3. The number of hydrogen-bond acceptors (Lipinski definition) is 9. The molecule has 0 fully saturated rings. The Balaban J connectivity index is 1.96. The van der Waals surface area contributed by atoms with E-state index in [0.717, 1.165) is 6.26 Å². The van der Waals surface area contributed by atoms with Crippen molar-refractivity contribution in [1.82, 2.24) is 15.0 Å². The number of nitrogens with zero attached hydrogens (tertiary/aromatic N) is 4. The van der Waals surface area contributed by atoms with E-state index in [0.29, 0.717) is 16.5 Å². The van der Waals surface area contributed by atoms with Gasteiger partial charge in [-0.05, 0) is 25.1 Å². The fraction of sp³-hybridized carbons (Fsp3) is 0.130. The van der Waals surface area contributed by atoms with Crippen molar-refractivity contribution in [3.8, 4) is 17.3 Å². The number of para-hydroxylation sites is 1. The third kappa shape index (κ3) is 4.18. The van der Waals surface area contributed by atoms with Gasteiger partial charge in [0, 0.05) is 22.8 Å². The molecule has 0 aliphatic carbocycles. The summed E-state index contributed by atoms with van der Waals surface area (Å²) in [7, 11) is -3.62. The highest BCUT2D eigenvalue weighted by Crippen LogP contribution is 2.36. The van der Waals surface area contributed by atoms with E-state index >= 15 is 0 Å². The van der Waals surface area contributed by atoms with Crippen molar-refractivity contribution in [2.24, 2.45) is 0 Å². The standard InChI is InChI=1S/C23H20FN7O2S/c1-12(28-22-16(11-25)21(26)30-23(27)31-22)15-10-13-6-5-8-17(24)19(13)29-20(15)14-7-3-4-9-18(14)34(2,32)33/h3-10,12H,1-2H3,(H5,26,27,28,30,31)/t12-/m0/s1. The smallest absolute Gasteiger partial charge is 0.224 e. The van der Waals surface area contributed by atoms with Gasteiger partial charge in [-0.1, -0.05) is 30.3 Å². The molecule has 5 N–H and O–H groups in total. The monoisotopic (exact) mass is 477 g/mol. The molecular formula is C23H20FN7O2S. The first-order valence-electron chi connectivity index (χ1n) is 10.1. The lowest BCUT2D eigenvalue weighted by atomic mass is 9.98. The van der Waals surface area contributed by atoms with E-state index in [9.17, 15) is 18.1 Å². The zero-order valence-electron chi connectivity index (χ0n) is 18.2. The van der Waals surface area contributed by atoms with Gasteiger partial charge in [-0.15, -0.1) is 0 Å². The Hall–Kier alpha value is -4.30. The Labute approximate surface area is 195 Å². The zero-order valence-corrected chi connectivity index (χ0v) is 19.1. The van der Waals surface area contributed by atoms with Crippen LogP contribution in [0.1, 0.15) is 24.1 Å². The van der Waals surface area contributed by atoms with E-state index in [-0.39, 0.29) is 39.3 Å². The first-order valence-corrected chi connectivity index (χ1v) is 12.0. The van der Waals surface area contributed by atoms with Gasteiger partial charge < -0.3 is 16.8 Å². The average molecular weight is 478 g/mol. The minimum Gasteiger partial charge on any atom is -0.382 e. The van der Waals surface area contributed by atoms with Crippen molar-refractivity contribution in [3.63, 3.8) is 0 Å². The molecule has 4 rings (SSSR count). The maximum absolute atomic E-state index is 14.6. The molecule has 34 heavy (non-hydrogen) atoms. The molecule has 2 aromatic heterocycles. The summed E-state index contributed by atoms with van der Waals surface area (Å²) >= 11 is 0. The Morgan fingerprint density at radius 1 is 1.09 bits per heavy atom. The minimum atomic E-state index is -3.62. The molecule has 0 bridgehead atoms. The summed E-state index contributed by atoms with van der Waals surface area (Å²) in [6.07, 6.45) is 1.10. The number of hydrogen-bond donors (Lipinski definition) is 3. The summed E-state index contributed by atoms with van der Waals surface area (Å²) in [5.74, 6) is -0.619. The summed E-state index contributed by atoms with van der Waals surface area (Å²) in [5.41, 5.74) is 12.8. The second kappa shape index (κ2) is 8.57. The predicted molar refractivity (Wildman–Crippen MR) is 128 cm³/mol. The van der Waals surface area contributed by atoms with E-state index in [4.69, 9.17) is 11.5 Å². The highest BCUT2D eigenvalue weighted by molar-refractivity contribution is 7.90. The van der Waals surface area contributed by atoms with Gasteiger partial charge in [-0.3, -0.25) is 0 Å². The third-order valence-corrected chi connectivity index (χ3v) is 6.41. The highest BCUT2D eigenvalue weighted by atomic mass is 32.2. The fourth-order valence-corrected chi connectivity index (χ4v) is 4.59. The molecule has 2 aromatic carbocycles. The molecule has 2 heterocycles. The summed E-state index contributed by atoms with van der Waals surface area (Å²) < 4.78 is 39.6. The molecule has 4 aromatic rings. The van der Waals surface area contributed by atoms with Crippen molar-refractivity contribution >= 4 is 38.3 Å². The Bertz CT molecular complexity index is 1580. The second-order valence-electron chi connectivity index (χ2n) is 7.67. The summed E-state index contributed by atoms with van der Waals surface area (Å²) in [6.45, 7) is 1.77. The van der Waals surface area contributed by atoms with Crippen molar-refractivity contribution in [2.45, 2.75) is 17.9 Å². The first kappa shape index (κ1) is 22.9. The van der Waals surface area contributed by atoms with Crippen LogP contribution in [0.25, 0.3) is 22.2 Å². The quantitative estimate of drug-likeness (QED) is 0.391. The highest BCUT2D eigenvalue weighted by Gasteiger charge is 2.23. The molecular weight excluding hydrogens is 457 g/mol. The van der Waals surface area contributed by atoms with Crippen LogP contribution in [-0.2, 0) is 9.84 Å². The van der Waals surface area contributed by atoms with Crippen LogP contribution in [0.2, 0.25) is 0 Å². The SMILES string of the molecule is C[C@H](Nc1nc(N)nc(N)c1C#N)c1cc2cccc(F)c2nc1-c1ccccc1S(C)(=O)=O. The largest absolute Gasteiger partial charge is 0.382 e. The zero-order chi connectivity index (χ0) is 24.6. The number of nitriles is 1. The minimum absolute atomic E-state index is 0.0129. The lowest BCUT2D eigenvalue weighted by Gasteiger charge is -2.21. The Morgan fingerprint density at radius 2 is 1.82 bits per heavy atom. The van der Waals surface area contributed by atoms with Crippen LogP contribution in [0.4, 0.5) is 22.0 Å². The van der Waals surface area contributed by atoms with Crippen molar-refractivity contribution in [1.29, 1.82) is 5.26 Å². The molecule has 1 atom stereocenters. The lowest BCUT2D eigenvalue weighted by molar-refractivity contribution is 0.602. The average Bonchev–Trinajstić information content (AvgIpc) is 2.78. The molecule has 0 aliphatic heterocycles. The normalized spacial score (nSPS) is 12.3. The topological polar surface area (TPSA) is 161 Å². The second-order valence-corrected chi connectivity index (χ2v) is 9.66. The van der Waals surface area contributed by atoms with Gasteiger partial charge in [0.15, 0.2) is 15.7 Å². The van der Waals surface area contributed by atoms with E-state index in [1.54, 1.807) is 43.3 Å². The van der Waals surface area contributed by atoms with Gasteiger partial charge in [-0.25, -0.2) is 17.8 Å². The number of halogens is 1. The van der Waals surface area contributed by atoms with Crippen LogP contribution < -0.4 is 16.8 Å². The molecule has 0 saturated carbocycles. The molecule has 0 aliphatic rings. The molecule has 0 saturated heterocycles. The van der Waals surface area contributed by atoms with E-state index in [2.05, 4.69) is 20.3 Å². The van der Waals surface area contributed by atoms with Crippen molar-refractivity contribution in [3.05, 3.63) is 65.5 Å². The van der Waals surface area contributed by atoms with Gasteiger partial charge in [0.2, 0.25) is 5.95 Å². The van der Waals surface area contributed by atoms with Gasteiger partial charge in [0.05, 0.1) is 16.6 Å². The number of nitrogen functional groups attached to an aromatic ring is 2. The van der Waals surface area contributed by atoms with Gasteiger partial charge in [0.1, 0.15) is 28.8 Å². The fourth-order valence-electron chi connectivity index (χ4n) is 3.70. The molecule has 11 heteroatoms. The number of nitrogens with one attached hydrogen (secondary N) is 1. The molecule has 172 valence electrons. The van der Waals surface area contributed by atoms with Crippen LogP contribution in [0.15, 0.2) is 53.4 Å². The molecule has 0 spiro atoms.